The van der Waals surface area contributed by atoms with E-state index in [-0.39, 0.29) is 10.4 Å². The second kappa shape index (κ2) is 3.73. The van der Waals surface area contributed by atoms with Crippen molar-refractivity contribution >= 4 is 29.0 Å². The molecule has 5 nitrogen and oxygen atoms in total. The maximum atomic E-state index is 9.80. The van der Waals surface area contributed by atoms with Crippen molar-refractivity contribution in [1.82, 2.24) is 15.2 Å². The van der Waals surface area contributed by atoms with Crippen LogP contribution >= 0.6 is 23.2 Å². The zero-order chi connectivity index (χ0) is 11.1. The van der Waals surface area contributed by atoms with Gasteiger partial charge in [-0.05, 0) is 24.9 Å². The molecule has 0 aromatic carbocycles. The average molecular weight is 249 g/mol. The summed E-state index contributed by atoms with van der Waals surface area (Å²) in [6.45, 7) is 2.93. The van der Waals surface area contributed by atoms with E-state index in [1.807, 2.05) is 4.90 Å². The van der Waals surface area contributed by atoms with Crippen LogP contribution in [0.4, 0.5) is 5.82 Å². The highest BCUT2D eigenvalue weighted by atomic mass is 35.5. The van der Waals surface area contributed by atoms with Gasteiger partial charge in [0.15, 0.2) is 11.0 Å². The van der Waals surface area contributed by atoms with Crippen molar-refractivity contribution in [2.45, 2.75) is 18.9 Å². The third-order valence-corrected chi connectivity index (χ3v) is 2.76. The van der Waals surface area contributed by atoms with E-state index in [1.165, 1.54) is 0 Å². The summed E-state index contributed by atoms with van der Waals surface area (Å²) in [7, 11) is 0. The van der Waals surface area contributed by atoms with Crippen LogP contribution in [-0.4, -0.2) is 39.0 Å². The molecule has 0 bridgehead atoms. The van der Waals surface area contributed by atoms with E-state index in [0.717, 1.165) is 0 Å². The van der Waals surface area contributed by atoms with E-state index in [1.54, 1.807) is 6.92 Å². The SMILES string of the molecule is CC1(O)CCN(c2nc(Cl)nnc2Cl)C1. The molecular weight excluding hydrogens is 239 g/mol. The Balaban J connectivity index is 2.27. The average Bonchev–Trinajstić information content (AvgIpc) is 2.50. The lowest BCUT2D eigenvalue weighted by atomic mass is 10.1. The fourth-order valence-electron chi connectivity index (χ4n) is 1.61. The molecule has 1 atom stereocenters. The molecule has 0 saturated carbocycles. The number of nitrogens with zero attached hydrogens (tertiary/aromatic N) is 4. The van der Waals surface area contributed by atoms with Crippen LogP contribution in [0.5, 0.6) is 0 Å². The van der Waals surface area contributed by atoms with Crippen molar-refractivity contribution in [3.05, 3.63) is 10.4 Å². The van der Waals surface area contributed by atoms with Gasteiger partial charge in [-0.15, -0.1) is 10.2 Å². The monoisotopic (exact) mass is 248 g/mol. The quantitative estimate of drug-likeness (QED) is 0.808. The molecule has 1 aliphatic rings. The van der Waals surface area contributed by atoms with E-state index < -0.39 is 5.60 Å². The van der Waals surface area contributed by atoms with Gasteiger partial charge in [-0.3, -0.25) is 0 Å². The highest BCUT2D eigenvalue weighted by Gasteiger charge is 2.33. The molecule has 82 valence electrons. The highest BCUT2D eigenvalue weighted by Crippen LogP contribution is 2.29. The Labute approximate surface area is 97.0 Å². The molecule has 0 amide bonds. The summed E-state index contributed by atoms with van der Waals surface area (Å²) in [6.07, 6.45) is 0.672. The first-order valence-corrected chi connectivity index (χ1v) is 5.27. The highest BCUT2D eigenvalue weighted by molar-refractivity contribution is 6.32. The van der Waals surface area contributed by atoms with Gasteiger partial charge in [0.1, 0.15) is 0 Å². The third-order valence-electron chi connectivity index (χ3n) is 2.35. The third kappa shape index (κ3) is 2.30. The Morgan fingerprint density at radius 3 is 2.73 bits per heavy atom. The number of aromatic nitrogens is 3. The fourth-order valence-corrected chi connectivity index (χ4v) is 1.93. The molecule has 0 spiro atoms. The Kier molecular flexibility index (Phi) is 2.70. The zero-order valence-corrected chi connectivity index (χ0v) is 9.63. The topological polar surface area (TPSA) is 62.1 Å². The molecule has 1 saturated heterocycles. The number of β-amino-alcohol motifs (C(OH)–C–C–N with tert-alkyl or cyclic N) is 1. The lowest BCUT2D eigenvalue weighted by Crippen LogP contribution is -2.30. The molecule has 2 heterocycles. The second-order valence-electron chi connectivity index (χ2n) is 3.86. The standard InChI is InChI=1S/C8H10Cl2N4O/c1-8(15)2-3-14(4-8)6-5(9)12-13-7(10)11-6/h15H,2-4H2,1H3. The molecule has 1 unspecified atom stereocenters. The molecule has 1 aromatic rings. The molecule has 1 N–H and O–H groups in total. The number of halogens is 2. The first kappa shape index (κ1) is 10.9. The predicted octanol–water partition coefficient (Wildman–Crippen LogP) is 1.14. The van der Waals surface area contributed by atoms with E-state index in [2.05, 4.69) is 15.2 Å². The Hall–Kier alpha value is -0.650. The summed E-state index contributed by atoms with van der Waals surface area (Å²) in [6, 6.07) is 0. The summed E-state index contributed by atoms with van der Waals surface area (Å²) in [4.78, 5) is 5.85. The van der Waals surface area contributed by atoms with Crippen LogP contribution < -0.4 is 4.90 Å². The van der Waals surface area contributed by atoms with Crippen LogP contribution in [0.1, 0.15) is 13.3 Å². The van der Waals surface area contributed by atoms with Gasteiger partial charge < -0.3 is 10.0 Å². The molecule has 0 radical (unpaired) electrons. The first-order valence-electron chi connectivity index (χ1n) is 4.51. The minimum absolute atomic E-state index is 0.0564. The zero-order valence-electron chi connectivity index (χ0n) is 8.11. The summed E-state index contributed by atoms with van der Waals surface area (Å²) in [5.41, 5.74) is -0.708. The maximum absolute atomic E-state index is 9.80. The van der Waals surface area contributed by atoms with Crippen molar-refractivity contribution in [3.63, 3.8) is 0 Å². The van der Waals surface area contributed by atoms with Crippen molar-refractivity contribution < 1.29 is 5.11 Å². The van der Waals surface area contributed by atoms with E-state index in [4.69, 9.17) is 23.2 Å². The molecule has 0 aliphatic carbocycles. The van der Waals surface area contributed by atoms with Gasteiger partial charge in [-0.25, -0.2) is 0 Å². The van der Waals surface area contributed by atoms with Crippen LogP contribution in [0.2, 0.25) is 10.4 Å². The van der Waals surface area contributed by atoms with Crippen molar-refractivity contribution in [1.29, 1.82) is 0 Å². The van der Waals surface area contributed by atoms with Crippen molar-refractivity contribution in [2.75, 3.05) is 18.0 Å². The molecular formula is C8H10Cl2N4O. The van der Waals surface area contributed by atoms with Gasteiger partial charge >= 0.3 is 0 Å². The molecule has 1 fully saturated rings. The number of hydrogen-bond acceptors (Lipinski definition) is 5. The number of anilines is 1. The summed E-state index contributed by atoms with van der Waals surface area (Å²) in [5, 5.41) is 17.3. The van der Waals surface area contributed by atoms with Crippen LogP contribution in [0.15, 0.2) is 0 Å². The van der Waals surface area contributed by atoms with Gasteiger partial charge in [-0.1, -0.05) is 11.6 Å². The predicted molar refractivity (Wildman–Crippen MR) is 57.3 cm³/mol. The molecule has 1 aliphatic heterocycles. The van der Waals surface area contributed by atoms with E-state index >= 15 is 0 Å². The lowest BCUT2D eigenvalue weighted by molar-refractivity contribution is 0.0839. The number of rotatable bonds is 1. The normalized spacial score (nSPS) is 26.0. The smallest absolute Gasteiger partial charge is 0.245 e. The van der Waals surface area contributed by atoms with Gasteiger partial charge in [0.25, 0.3) is 0 Å². The van der Waals surface area contributed by atoms with Crippen LogP contribution in [-0.2, 0) is 0 Å². The minimum atomic E-state index is -0.708. The molecule has 2 rings (SSSR count). The Morgan fingerprint density at radius 2 is 2.13 bits per heavy atom. The lowest BCUT2D eigenvalue weighted by Gasteiger charge is -2.19. The van der Waals surface area contributed by atoms with Crippen LogP contribution in [0.25, 0.3) is 0 Å². The van der Waals surface area contributed by atoms with Gasteiger partial charge in [0.2, 0.25) is 5.28 Å². The van der Waals surface area contributed by atoms with Gasteiger partial charge in [-0.2, -0.15) is 4.98 Å². The second-order valence-corrected chi connectivity index (χ2v) is 4.56. The molecule has 15 heavy (non-hydrogen) atoms. The van der Waals surface area contributed by atoms with E-state index in [0.29, 0.717) is 25.3 Å². The summed E-state index contributed by atoms with van der Waals surface area (Å²) < 4.78 is 0. The minimum Gasteiger partial charge on any atom is -0.388 e. The number of hydrogen-bond donors (Lipinski definition) is 1. The number of aliphatic hydroxyl groups is 1. The van der Waals surface area contributed by atoms with Gasteiger partial charge in [0, 0.05) is 13.1 Å². The first-order chi connectivity index (χ1) is 6.98. The maximum Gasteiger partial charge on any atom is 0.245 e. The summed E-state index contributed by atoms with van der Waals surface area (Å²) in [5.74, 6) is 0.481. The fraction of sp³-hybridized carbons (Fsp3) is 0.625. The van der Waals surface area contributed by atoms with E-state index in [9.17, 15) is 5.11 Å². The molecule has 7 heteroatoms. The summed E-state index contributed by atoms with van der Waals surface area (Å²) >= 11 is 11.5. The van der Waals surface area contributed by atoms with Crippen LogP contribution in [0, 0.1) is 0 Å². The Bertz CT molecular complexity index is 385. The van der Waals surface area contributed by atoms with Crippen molar-refractivity contribution in [3.8, 4) is 0 Å². The largest absolute Gasteiger partial charge is 0.388 e. The van der Waals surface area contributed by atoms with Gasteiger partial charge in [0.05, 0.1) is 5.60 Å². The molecule has 1 aromatic heterocycles. The van der Waals surface area contributed by atoms with Crippen molar-refractivity contribution in [2.24, 2.45) is 0 Å². The Morgan fingerprint density at radius 1 is 1.40 bits per heavy atom. The van der Waals surface area contributed by atoms with Crippen LogP contribution in [0.3, 0.4) is 0 Å².